The average Bonchev–Trinajstić information content (AvgIpc) is 2.46. The van der Waals surface area contributed by atoms with E-state index < -0.39 is 0 Å². The van der Waals surface area contributed by atoms with Crippen molar-refractivity contribution in [3.8, 4) is 0 Å². The summed E-state index contributed by atoms with van der Waals surface area (Å²) in [6.07, 6.45) is 13.0. The molecule has 0 radical (unpaired) electrons. The van der Waals surface area contributed by atoms with Gasteiger partial charge in [-0.1, -0.05) is 6.07 Å². The topological polar surface area (TPSA) is 50.9 Å². The fraction of sp³-hybridized carbons (Fsp3) is 0.722. The van der Waals surface area contributed by atoms with Gasteiger partial charge in [0, 0.05) is 24.4 Å². The Labute approximate surface area is 127 Å². The van der Waals surface area contributed by atoms with Gasteiger partial charge in [0.25, 0.3) is 0 Å². The first kappa shape index (κ1) is 13.7. The van der Waals surface area contributed by atoms with E-state index in [0.29, 0.717) is 11.5 Å². The van der Waals surface area contributed by atoms with E-state index in [1.54, 1.807) is 0 Å². The quantitative estimate of drug-likeness (QED) is 0.646. The number of aromatic nitrogens is 1. The maximum absolute atomic E-state index is 5.87. The summed E-state index contributed by atoms with van der Waals surface area (Å²) in [5.74, 6) is 8.93. The average molecular weight is 285 g/mol. The lowest BCUT2D eigenvalue weighted by molar-refractivity contribution is -0.0620. The molecule has 21 heavy (non-hydrogen) atoms. The molecule has 3 heteroatoms. The van der Waals surface area contributed by atoms with Gasteiger partial charge in [0.15, 0.2) is 0 Å². The highest BCUT2D eigenvalue weighted by atomic mass is 15.2. The van der Waals surface area contributed by atoms with Crippen molar-refractivity contribution in [1.29, 1.82) is 0 Å². The summed E-state index contributed by atoms with van der Waals surface area (Å²) in [7, 11) is 0. The molecule has 4 fully saturated rings. The van der Waals surface area contributed by atoms with Gasteiger partial charge in [0.2, 0.25) is 0 Å². The van der Waals surface area contributed by atoms with Crippen LogP contribution in [0, 0.1) is 23.2 Å². The largest absolute Gasteiger partial charge is 0.271 e. The first-order valence-electron chi connectivity index (χ1n) is 8.61. The van der Waals surface area contributed by atoms with Crippen molar-refractivity contribution >= 4 is 0 Å². The first-order valence-corrected chi connectivity index (χ1v) is 8.61. The Morgan fingerprint density at radius 1 is 1.14 bits per heavy atom. The standard InChI is InChI=1S/C18H27N3/c19-21-17(8-16-3-1-2-4-20-16)12-18-9-13-5-14(10-18)7-15(6-13)11-18/h1-4,13-15,17,21H,5-12,19H2. The predicted octanol–water partition coefficient (Wildman–Crippen LogP) is 3.06. The second-order valence-electron chi connectivity index (χ2n) is 8.01. The Hall–Kier alpha value is -0.930. The van der Waals surface area contributed by atoms with Gasteiger partial charge in [-0.15, -0.1) is 0 Å². The van der Waals surface area contributed by atoms with Crippen molar-refractivity contribution < 1.29 is 0 Å². The van der Waals surface area contributed by atoms with E-state index in [2.05, 4.69) is 22.5 Å². The molecule has 0 saturated heterocycles. The van der Waals surface area contributed by atoms with Crippen LogP contribution >= 0.6 is 0 Å². The molecule has 4 aliphatic rings. The molecule has 4 aliphatic carbocycles. The minimum absolute atomic E-state index is 0.371. The number of hydrazine groups is 1. The van der Waals surface area contributed by atoms with E-state index in [-0.39, 0.29) is 0 Å². The molecule has 3 nitrogen and oxygen atoms in total. The van der Waals surface area contributed by atoms with Gasteiger partial charge in [-0.3, -0.25) is 16.3 Å². The number of pyridine rings is 1. The molecular formula is C18H27N3. The smallest absolute Gasteiger partial charge is 0.0419 e. The van der Waals surface area contributed by atoms with Crippen LogP contribution in [0.5, 0.6) is 0 Å². The van der Waals surface area contributed by atoms with Crippen molar-refractivity contribution in [2.24, 2.45) is 29.0 Å². The van der Waals surface area contributed by atoms with Crippen LogP contribution in [0.25, 0.3) is 0 Å². The van der Waals surface area contributed by atoms with Crippen LogP contribution in [0.4, 0.5) is 0 Å². The van der Waals surface area contributed by atoms with E-state index in [1.807, 2.05) is 12.3 Å². The van der Waals surface area contributed by atoms with Gasteiger partial charge < -0.3 is 0 Å². The van der Waals surface area contributed by atoms with E-state index in [9.17, 15) is 0 Å². The first-order chi connectivity index (χ1) is 10.2. The molecule has 4 saturated carbocycles. The van der Waals surface area contributed by atoms with E-state index in [0.717, 1.165) is 29.9 Å². The Kier molecular flexibility index (Phi) is 3.50. The van der Waals surface area contributed by atoms with Gasteiger partial charge in [-0.05, 0) is 80.2 Å². The maximum Gasteiger partial charge on any atom is 0.0419 e. The zero-order chi connectivity index (χ0) is 14.3. The third-order valence-corrected chi connectivity index (χ3v) is 6.26. The molecule has 3 N–H and O–H groups in total. The lowest BCUT2D eigenvalue weighted by atomic mass is 9.48. The summed E-state index contributed by atoms with van der Waals surface area (Å²) >= 11 is 0. The minimum Gasteiger partial charge on any atom is -0.271 e. The van der Waals surface area contributed by atoms with Gasteiger partial charge in [-0.2, -0.15) is 0 Å². The van der Waals surface area contributed by atoms with Crippen LogP contribution in [0.1, 0.15) is 50.6 Å². The number of rotatable bonds is 5. The SMILES string of the molecule is NNC(Cc1ccccn1)CC12CC3CC(CC(C3)C1)C2. The third kappa shape index (κ3) is 2.74. The molecular weight excluding hydrogens is 258 g/mol. The van der Waals surface area contributed by atoms with Crippen LogP contribution in [-0.2, 0) is 6.42 Å². The van der Waals surface area contributed by atoms with Gasteiger partial charge in [0.05, 0.1) is 0 Å². The summed E-state index contributed by atoms with van der Waals surface area (Å²) in [6, 6.07) is 6.54. The Morgan fingerprint density at radius 3 is 2.33 bits per heavy atom. The van der Waals surface area contributed by atoms with Crippen LogP contribution in [0.3, 0.4) is 0 Å². The molecule has 1 unspecified atom stereocenters. The summed E-state index contributed by atoms with van der Waals surface area (Å²) in [5, 5.41) is 0. The summed E-state index contributed by atoms with van der Waals surface area (Å²) < 4.78 is 0. The number of hydrogen-bond donors (Lipinski definition) is 2. The second-order valence-corrected chi connectivity index (χ2v) is 8.01. The molecule has 1 aromatic heterocycles. The lowest BCUT2D eigenvalue weighted by Crippen LogP contribution is -2.50. The monoisotopic (exact) mass is 285 g/mol. The number of hydrogen-bond acceptors (Lipinski definition) is 3. The number of nitrogens with zero attached hydrogens (tertiary/aromatic N) is 1. The lowest BCUT2D eigenvalue weighted by Gasteiger charge is -2.57. The second kappa shape index (κ2) is 5.36. The predicted molar refractivity (Wildman–Crippen MR) is 84.3 cm³/mol. The number of nitrogens with two attached hydrogens (primary N) is 1. The highest BCUT2D eigenvalue weighted by Gasteiger charge is 2.51. The Bertz CT molecular complexity index is 449. The van der Waals surface area contributed by atoms with Gasteiger partial charge in [-0.25, -0.2) is 0 Å². The van der Waals surface area contributed by atoms with Crippen molar-refractivity contribution in [2.45, 2.75) is 57.4 Å². The molecule has 1 heterocycles. The van der Waals surface area contributed by atoms with Crippen molar-refractivity contribution in [2.75, 3.05) is 0 Å². The molecule has 4 bridgehead atoms. The van der Waals surface area contributed by atoms with Crippen molar-refractivity contribution in [3.63, 3.8) is 0 Å². The summed E-state index contributed by atoms with van der Waals surface area (Å²) in [6.45, 7) is 0. The minimum atomic E-state index is 0.371. The van der Waals surface area contributed by atoms with E-state index >= 15 is 0 Å². The normalized spacial score (nSPS) is 38.6. The molecule has 1 aromatic rings. The van der Waals surface area contributed by atoms with E-state index in [4.69, 9.17) is 5.84 Å². The zero-order valence-corrected chi connectivity index (χ0v) is 12.8. The highest BCUT2D eigenvalue weighted by molar-refractivity contribution is 5.07. The zero-order valence-electron chi connectivity index (χ0n) is 12.8. The summed E-state index contributed by atoms with van der Waals surface area (Å²) in [4.78, 5) is 4.47. The molecule has 5 rings (SSSR count). The Morgan fingerprint density at radius 2 is 1.81 bits per heavy atom. The van der Waals surface area contributed by atoms with Crippen LogP contribution in [-0.4, -0.2) is 11.0 Å². The van der Waals surface area contributed by atoms with Crippen molar-refractivity contribution in [1.82, 2.24) is 10.4 Å². The molecule has 114 valence electrons. The number of nitrogens with one attached hydrogen (secondary N) is 1. The van der Waals surface area contributed by atoms with Crippen LogP contribution in [0.2, 0.25) is 0 Å². The third-order valence-electron chi connectivity index (χ3n) is 6.26. The Balaban J connectivity index is 1.46. The van der Waals surface area contributed by atoms with Gasteiger partial charge >= 0.3 is 0 Å². The molecule has 0 amide bonds. The fourth-order valence-electron chi connectivity index (χ4n) is 6.02. The summed E-state index contributed by atoms with van der Waals surface area (Å²) in [5.41, 5.74) is 4.83. The highest BCUT2D eigenvalue weighted by Crippen LogP contribution is 2.61. The molecule has 0 aromatic carbocycles. The van der Waals surface area contributed by atoms with E-state index in [1.165, 1.54) is 44.9 Å². The van der Waals surface area contributed by atoms with Crippen LogP contribution < -0.4 is 11.3 Å². The molecule has 1 atom stereocenters. The van der Waals surface area contributed by atoms with Crippen molar-refractivity contribution in [3.05, 3.63) is 30.1 Å². The van der Waals surface area contributed by atoms with Crippen LogP contribution in [0.15, 0.2) is 24.4 Å². The van der Waals surface area contributed by atoms with Gasteiger partial charge in [0.1, 0.15) is 0 Å². The molecule has 0 spiro atoms. The fourth-order valence-corrected chi connectivity index (χ4v) is 6.02. The maximum atomic E-state index is 5.87. The molecule has 0 aliphatic heterocycles.